The predicted octanol–water partition coefficient (Wildman–Crippen LogP) is -0.302. The fraction of sp³-hybridized carbons (Fsp3) is 0.333. The normalized spacial score (nSPS) is 9.81. The molecule has 0 atom stereocenters. The van der Waals surface area contributed by atoms with Gasteiger partial charge in [0.2, 0.25) is 11.9 Å². The Bertz CT molecular complexity index is 398. The molecule has 0 spiro atoms. The van der Waals surface area contributed by atoms with Gasteiger partial charge in [-0.25, -0.2) is 4.79 Å². The monoisotopic (exact) mass is 223 g/mol. The van der Waals surface area contributed by atoms with Crippen LogP contribution in [0.2, 0.25) is 0 Å². The molecular formula is C9H13N5O2. The van der Waals surface area contributed by atoms with Gasteiger partial charge in [0.25, 0.3) is 0 Å². The number of aromatic nitrogens is 3. The molecule has 0 aliphatic rings. The average molecular weight is 223 g/mol. The fourth-order valence-corrected chi connectivity index (χ4v) is 0.927. The van der Waals surface area contributed by atoms with Crippen LogP contribution >= 0.6 is 0 Å². The minimum atomic E-state index is -0.449. The number of carbonyl (C=O) groups excluding carboxylic acids is 1. The highest BCUT2D eigenvalue weighted by atomic mass is 16.5. The summed E-state index contributed by atoms with van der Waals surface area (Å²) in [5, 5.41) is 0. The molecule has 0 fully saturated rings. The summed E-state index contributed by atoms with van der Waals surface area (Å²) < 4.78 is 4.87. The Morgan fingerprint density at radius 2 is 1.88 bits per heavy atom. The van der Waals surface area contributed by atoms with E-state index in [1.165, 1.54) is 0 Å². The van der Waals surface area contributed by atoms with Crippen LogP contribution in [0, 0.1) is 0 Å². The number of nitrogens with two attached hydrogens (primary N) is 2. The number of hydrogen-bond acceptors (Lipinski definition) is 7. The minimum absolute atomic E-state index is 0.0497. The molecule has 0 unspecified atom stereocenters. The van der Waals surface area contributed by atoms with Gasteiger partial charge in [0, 0.05) is 12.0 Å². The molecule has 0 bridgehead atoms. The molecule has 0 saturated carbocycles. The van der Waals surface area contributed by atoms with Crippen LogP contribution in [0.5, 0.6) is 0 Å². The number of anilines is 2. The molecule has 0 aromatic carbocycles. The van der Waals surface area contributed by atoms with Crippen LogP contribution in [0.4, 0.5) is 11.9 Å². The Kier molecular flexibility index (Phi) is 3.76. The van der Waals surface area contributed by atoms with Crippen molar-refractivity contribution in [2.45, 2.75) is 13.3 Å². The van der Waals surface area contributed by atoms with Gasteiger partial charge in [0.05, 0.1) is 6.61 Å². The van der Waals surface area contributed by atoms with Gasteiger partial charge in [-0.2, -0.15) is 15.0 Å². The van der Waals surface area contributed by atoms with E-state index in [-0.39, 0.29) is 18.5 Å². The van der Waals surface area contributed by atoms with Crippen molar-refractivity contribution in [2.24, 2.45) is 0 Å². The lowest BCUT2D eigenvalue weighted by molar-refractivity contribution is -0.138. The van der Waals surface area contributed by atoms with E-state index in [1.54, 1.807) is 6.92 Å². The minimum Gasteiger partial charge on any atom is -0.462 e. The molecule has 0 aliphatic heterocycles. The van der Waals surface area contributed by atoms with Gasteiger partial charge in [-0.15, -0.1) is 0 Å². The Balaban J connectivity index is 2.49. The molecule has 4 N–H and O–H groups in total. The van der Waals surface area contributed by atoms with Gasteiger partial charge >= 0.3 is 5.97 Å². The highest BCUT2D eigenvalue weighted by molar-refractivity contribution is 5.86. The van der Waals surface area contributed by atoms with Crippen molar-refractivity contribution in [1.29, 1.82) is 0 Å². The number of nitrogens with zero attached hydrogens (tertiary/aromatic N) is 3. The summed E-state index contributed by atoms with van der Waals surface area (Å²) in [6.45, 7) is 5.17. The molecule has 1 aromatic rings. The maximum Gasteiger partial charge on any atom is 0.333 e. The second-order valence-electron chi connectivity index (χ2n) is 3.13. The van der Waals surface area contributed by atoms with Crippen LogP contribution in [0.3, 0.4) is 0 Å². The maximum atomic E-state index is 11.0. The van der Waals surface area contributed by atoms with Gasteiger partial charge in [0.1, 0.15) is 5.82 Å². The van der Waals surface area contributed by atoms with Crippen LogP contribution in [-0.4, -0.2) is 27.5 Å². The zero-order valence-corrected chi connectivity index (χ0v) is 8.93. The number of ether oxygens (including phenoxy) is 1. The lowest BCUT2D eigenvalue weighted by Gasteiger charge is -2.04. The van der Waals surface area contributed by atoms with E-state index < -0.39 is 5.97 Å². The average Bonchev–Trinajstić information content (AvgIpc) is 2.15. The number of hydrogen-bond donors (Lipinski definition) is 2. The molecule has 7 nitrogen and oxygen atoms in total. The van der Waals surface area contributed by atoms with Gasteiger partial charge in [-0.3, -0.25) is 0 Å². The standard InChI is InChI=1S/C9H13N5O2/c1-5(2)7(15)16-4-3-6-12-8(10)14-9(11)13-6/h1,3-4H2,2H3,(H4,10,11,12,13,14). The summed E-state index contributed by atoms with van der Waals surface area (Å²) in [6, 6.07) is 0. The van der Waals surface area contributed by atoms with E-state index in [0.717, 1.165) is 0 Å². The Morgan fingerprint density at radius 1 is 1.31 bits per heavy atom. The molecule has 0 aliphatic carbocycles. The van der Waals surface area contributed by atoms with Gasteiger partial charge in [-0.05, 0) is 6.92 Å². The second kappa shape index (κ2) is 5.06. The quantitative estimate of drug-likeness (QED) is 0.531. The first-order valence-electron chi connectivity index (χ1n) is 4.57. The van der Waals surface area contributed by atoms with Crippen molar-refractivity contribution < 1.29 is 9.53 Å². The molecule has 0 saturated heterocycles. The lowest BCUT2D eigenvalue weighted by atomic mass is 10.3. The van der Waals surface area contributed by atoms with Crippen molar-refractivity contribution in [2.75, 3.05) is 18.1 Å². The molecular weight excluding hydrogens is 210 g/mol. The topological polar surface area (TPSA) is 117 Å². The van der Waals surface area contributed by atoms with Gasteiger partial charge < -0.3 is 16.2 Å². The van der Waals surface area contributed by atoms with Crippen molar-refractivity contribution >= 4 is 17.9 Å². The number of nitrogen functional groups attached to an aromatic ring is 2. The molecule has 0 amide bonds. The number of rotatable bonds is 4. The molecule has 1 aromatic heterocycles. The van der Waals surface area contributed by atoms with Crippen LogP contribution < -0.4 is 11.5 Å². The Hall–Kier alpha value is -2.18. The summed E-state index contributed by atoms with van der Waals surface area (Å²) in [4.78, 5) is 22.3. The van der Waals surface area contributed by atoms with E-state index in [2.05, 4.69) is 21.5 Å². The Labute approximate surface area is 92.5 Å². The lowest BCUT2D eigenvalue weighted by Crippen LogP contribution is -2.12. The highest BCUT2D eigenvalue weighted by Crippen LogP contribution is 2.00. The smallest absolute Gasteiger partial charge is 0.333 e. The Morgan fingerprint density at radius 3 is 2.38 bits per heavy atom. The molecule has 16 heavy (non-hydrogen) atoms. The summed E-state index contributed by atoms with van der Waals surface area (Å²) in [5.41, 5.74) is 11.1. The third-order valence-corrected chi connectivity index (χ3v) is 1.62. The zero-order valence-electron chi connectivity index (χ0n) is 8.93. The third kappa shape index (κ3) is 3.52. The summed E-state index contributed by atoms with van der Waals surface area (Å²) in [6.07, 6.45) is 0.329. The van der Waals surface area contributed by atoms with Crippen LogP contribution in [0.25, 0.3) is 0 Å². The van der Waals surface area contributed by atoms with Crippen molar-refractivity contribution in [3.8, 4) is 0 Å². The number of esters is 1. The summed E-state index contributed by atoms with van der Waals surface area (Å²) in [7, 11) is 0. The number of carbonyl (C=O) groups is 1. The van der Waals surface area contributed by atoms with Crippen molar-refractivity contribution in [3.63, 3.8) is 0 Å². The fourth-order valence-electron chi connectivity index (χ4n) is 0.927. The third-order valence-electron chi connectivity index (χ3n) is 1.62. The van der Waals surface area contributed by atoms with Crippen LogP contribution in [0.15, 0.2) is 12.2 Å². The summed E-state index contributed by atoms with van der Waals surface area (Å²) >= 11 is 0. The molecule has 7 heteroatoms. The van der Waals surface area contributed by atoms with Gasteiger partial charge in [-0.1, -0.05) is 6.58 Å². The molecule has 0 radical (unpaired) electrons. The van der Waals surface area contributed by atoms with E-state index in [1.807, 2.05) is 0 Å². The van der Waals surface area contributed by atoms with E-state index in [4.69, 9.17) is 16.2 Å². The predicted molar refractivity (Wildman–Crippen MR) is 58.1 cm³/mol. The largest absolute Gasteiger partial charge is 0.462 e. The first kappa shape index (κ1) is 11.9. The van der Waals surface area contributed by atoms with Crippen molar-refractivity contribution in [1.82, 2.24) is 15.0 Å². The van der Waals surface area contributed by atoms with E-state index >= 15 is 0 Å². The molecule has 1 rings (SSSR count). The first-order chi connectivity index (χ1) is 7.49. The SMILES string of the molecule is C=C(C)C(=O)OCCc1nc(N)nc(N)n1. The van der Waals surface area contributed by atoms with E-state index in [0.29, 0.717) is 17.8 Å². The van der Waals surface area contributed by atoms with Crippen LogP contribution in [0.1, 0.15) is 12.7 Å². The molecule has 86 valence electrons. The van der Waals surface area contributed by atoms with Gasteiger partial charge in [0.15, 0.2) is 0 Å². The van der Waals surface area contributed by atoms with E-state index in [9.17, 15) is 4.79 Å². The second-order valence-corrected chi connectivity index (χ2v) is 3.13. The highest BCUT2D eigenvalue weighted by Gasteiger charge is 2.05. The maximum absolute atomic E-state index is 11.0. The van der Waals surface area contributed by atoms with Crippen LogP contribution in [-0.2, 0) is 16.0 Å². The first-order valence-corrected chi connectivity index (χ1v) is 4.57. The summed E-state index contributed by atoms with van der Waals surface area (Å²) in [5.74, 6) is 0.0389. The molecule has 1 heterocycles. The van der Waals surface area contributed by atoms with Crippen molar-refractivity contribution in [3.05, 3.63) is 18.0 Å². The zero-order chi connectivity index (χ0) is 12.1.